The Morgan fingerprint density at radius 2 is 1.96 bits per heavy atom. The lowest BCUT2D eigenvalue weighted by molar-refractivity contribution is 0.102. The Morgan fingerprint density at radius 3 is 2.67 bits per heavy atom. The summed E-state index contributed by atoms with van der Waals surface area (Å²) in [6, 6.07) is 15.5. The molecular formula is C21H21FN4O. The fourth-order valence-corrected chi connectivity index (χ4v) is 3.33. The summed E-state index contributed by atoms with van der Waals surface area (Å²) < 4.78 is 14.8. The van der Waals surface area contributed by atoms with E-state index in [-0.39, 0.29) is 17.4 Å². The first-order valence-electron chi connectivity index (χ1n) is 9.06. The number of anilines is 2. The minimum Gasteiger partial charge on any atom is -0.371 e. The highest BCUT2D eigenvalue weighted by atomic mass is 19.1. The van der Waals surface area contributed by atoms with Crippen molar-refractivity contribution in [2.75, 3.05) is 23.3 Å². The van der Waals surface area contributed by atoms with Crippen molar-refractivity contribution < 1.29 is 9.18 Å². The molecule has 1 amide bonds. The van der Waals surface area contributed by atoms with Crippen molar-refractivity contribution in [3.63, 3.8) is 0 Å². The second kappa shape index (κ2) is 7.23. The van der Waals surface area contributed by atoms with Crippen LogP contribution in [0.1, 0.15) is 23.8 Å². The maximum Gasteiger partial charge on any atom is 0.276 e. The van der Waals surface area contributed by atoms with Crippen molar-refractivity contribution in [2.45, 2.75) is 13.3 Å². The number of carbonyl (C=O) groups excluding carboxylic acids is 1. The zero-order valence-electron chi connectivity index (χ0n) is 15.1. The molecule has 3 aromatic rings. The minimum atomic E-state index is -0.346. The Hall–Kier alpha value is -3.15. The number of carbonyl (C=O) groups is 1. The van der Waals surface area contributed by atoms with Crippen LogP contribution in [-0.4, -0.2) is 28.8 Å². The van der Waals surface area contributed by atoms with Crippen LogP contribution in [0.25, 0.3) is 5.69 Å². The third kappa shape index (κ3) is 3.84. The predicted molar refractivity (Wildman–Crippen MR) is 104 cm³/mol. The standard InChI is InChI=1S/C21H21FN4O/c1-15-9-11-25(14-15)18-7-5-17(6-8-18)23-21(27)20-10-12-26(24-20)19-4-2-3-16(22)13-19/h2-8,10,12-13,15H,9,11,14H2,1H3,(H,23,27). The van der Waals surface area contributed by atoms with Gasteiger partial charge in [-0.2, -0.15) is 5.10 Å². The maximum atomic E-state index is 13.3. The quantitative estimate of drug-likeness (QED) is 0.758. The zero-order valence-corrected chi connectivity index (χ0v) is 15.1. The number of aromatic nitrogens is 2. The van der Waals surface area contributed by atoms with Crippen molar-refractivity contribution in [2.24, 2.45) is 5.92 Å². The zero-order chi connectivity index (χ0) is 18.8. The van der Waals surface area contributed by atoms with Gasteiger partial charge in [0.1, 0.15) is 5.82 Å². The number of hydrogen-bond donors (Lipinski definition) is 1. The van der Waals surface area contributed by atoms with Crippen LogP contribution in [0.15, 0.2) is 60.8 Å². The van der Waals surface area contributed by atoms with Crippen LogP contribution in [0.3, 0.4) is 0 Å². The van der Waals surface area contributed by atoms with E-state index in [4.69, 9.17) is 0 Å². The monoisotopic (exact) mass is 364 g/mol. The van der Waals surface area contributed by atoms with E-state index in [1.807, 2.05) is 24.3 Å². The third-order valence-electron chi connectivity index (χ3n) is 4.81. The van der Waals surface area contributed by atoms with Gasteiger partial charge in [-0.15, -0.1) is 0 Å². The number of nitrogens with one attached hydrogen (secondary N) is 1. The summed E-state index contributed by atoms with van der Waals surface area (Å²) in [6.45, 7) is 4.41. The first-order chi connectivity index (χ1) is 13.1. The van der Waals surface area contributed by atoms with Crippen molar-refractivity contribution in [3.05, 3.63) is 72.3 Å². The Balaban J connectivity index is 1.43. The fourth-order valence-electron chi connectivity index (χ4n) is 3.33. The van der Waals surface area contributed by atoms with E-state index in [1.54, 1.807) is 24.4 Å². The highest BCUT2D eigenvalue weighted by Crippen LogP contribution is 2.25. The molecule has 1 fully saturated rings. The molecule has 0 bridgehead atoms. The molecule has 6 heteroatoms. The molecule has 1 aromatic heterocycles. The van der Waals surface area contributed by atoms with Crippen LogP contribution >= 0.6 is 0 Å². The Labute approximate surface area is 157 Å². The van der Waals surface area contributed by atoms with Gasteiger partial charge in [-0.25, -0.2) is 9.07 Å². The normalized spacial score (nSPS) is 16.5. The van der Waals surface area contributed by atoms with Gasteiger partial charge >= 0.3 is 0 Å². The number of halogens is 1. The lowest BCUT2D eigenvalue weighted by Crippen LogP contribution is -2.19. The van der Waals surface area contributed by atoms with Gasteiger partial charge in [0, 0.05) is 30.7 Å². The molecule has 1 unspecified atom stereocenters. The molecule has 5 nitrogen and oxygen atoms in total. The van der Waals surface area contributed by atoms with Crippen LogP contribution in [0.2, 0.25) is 0 Å². The van der Waals surface area contributed by atoms with Crippen LogP contribution < -0.4 is 10.2 Å². The number of rotatable bonds is 4. The largest absolute Gasteiger partial charge is 0.371 e. The number of nitrogens with zero attached hydrogens (tertiary/aromatic N) is 3. The Bertz CT molecular complexity index is 951. The average molecular weight is 364 g/mol. The second-order valence-corrected chi connectivity index (χ2v) is 6.97. The molecule has 27 heavy (non-hydrogen) atoms. The lowest BCUT2D eigenvalue weighted by Gasteiger charge is -2.18. The van der Waals surface area contributed by atoms with Gasteiger partial charge in [0.05, 0.1) is 5.69 Å². The fraction of sp³-hybridized carbons (Fsp3) is 0.238. The Morgan fingerprint density at radius 1 is 1.15 bits per heavy atom. The van der Waals surface area contributed by atoms with Gasteiger partial charge in [0.2, 0.25) is 0 Å². The summed E-state index contributed by atoms with van der Waals surface area (Å²) in [5.41, 5.74) is 2.74. The first kappa shape index (κ1) is 17.3. The summed E-state index contributed by atoms with van der Waals surface area (Å²) in [6.07, 6.45) is 2.85. The maximum absolute atomic E-state index is 13.3. The number of benzene rings is 2. The molecule has 2 aromatic carbocycles. The lowest BCUT2D eigenvalue weighted by atomic mass is 10.2. The highest BCUT2D eigenvalue weighted by Gasteiger charge is 2.19. The van der Waals surface area contributed by atoms with Crippen LogP contribution in [-0.2, 0) is 0 Å². The molecule has 138 valence electrons. The summed E-state index contributed by atoms with van der Waals surface area (Å²) in [5, 5.41) is 7.09. The van der Waals surface area contributed by atoms with Gasteiger partial charge < -0.3 is 10.2 Å². The smallest absolute Gasteiger partial charge is 0.276 e. The van der Waals surface area contributed by atoms with E-state index >= 15 is 0 Å². The predicted octanol–water partition coefficient (Wildman–Crippen LogP) is 4.11. The van der Waals surface area contributed by atoms with E-state index in [1.165, 1.54) is 28.9 Å². The molecule has 0 aliphatic carbocycles. The van der Waals surface area contributed by atoms with Gasteiger partial charge in [0.25, 0.3) is 5.91 Å². The molecular weight excluding hydrogens is 343 g/mol. The van der Waals surface area contributed by atoms with Crippen molar-refractivity contribution in [3.8, 4) is 5.69 Å². The summed E-state index contributed by atoms with van der Waals surface area (Å²) >= 11 is 0. The highest BCUT2D eigenvalue weighted by molar-refractivity contribution is 6.02. The molecule has 4 rings (SSSR count). The molecule has 1 aliphatic rings. The van der Waals surface area contributed by atoms with Crippen LogP contribution in [0, 0.1) is 11.7 Å². The molecule has 0 spiro atoms. The third-order valence-corrected chi connectivity index (χ3v) is 4.81. The first-order valence-corrected chi connectivity index (χ1v) is 9.06. The average Bonchev–Trinajstić information content (AvgIpc) is 3.32. The van der Waals surface area contributed by atoms with Gasteiger partial charge in [0.15, 0.2) is 5.69 Å². The van der Waals surface area contributed by atoms with E-state index in [0.717, 1.165) is 24.7 Å². The molecule has 1 aliphatic heterocycles. The second-order valence-electron chi connectivity index (χ2n) is 6.97. The van der Waals surface area contributed by atoms with Crippen molar-refractivity contribution in [1.29, 1.82) is 0 Å². The van der Waals surface area contributed by atoms with Gasteiger partial charge in [-0.05, 0) is 60.9 Å². The molecule has 1 saturated heterocycles. The minimum absolute atomic E-state index is 0.275. The molecule has 0 radical (unpaired) electrons. The molecule has 0 saturated carbocycles. The molecule has 2 heterocycles. The van der Waals surface area contributed by atoms with Gasteiger partial charge in [-0.3, -0.25) is 4.79 Å². The van der Waals surface area contributed by atoms with Crippen LogP contribution in [0.4, 0.5) is 15.8 Å². The SMILES string of the molecule is CC1CCN(c2ccc(NC(=O)c3ccn(-c4cccc(F)c4)n3)cc2)C1. The Kier molecular flexibility index (Phi) is 4.62. The topological polar surface area (TPSA) is 50.2 Å². The number of hydrogen-bond acceptors (Lipinski definition) is 3. The van der Waals surface area contributed by atoms with E-state index < -0.39 is 0 Å². The summed E-state index contributed by atoms with van der Waals surface area (Å²) in [7, 11) is 0. The summed E-state index contributed by atoms with van der Waals surface area (Å²) in [4.78, 5) is 14.8. The number of amides is 1. The van der Waals surface area contributed by atoms with Crippen LogP contribution in [0.5, 0.6) is 0 Å². The summed E-state index contributed by atoms with van der Waals surface area (Å²) in [5.74, 6) is 0.0757. The van der Waals surface area contributed by atoms with E-state index in [9.17, 15) is 9.18 Å². The van der Waals surface area contributed by atoms with E-state index in [2.05, 4.69) is 22.2 Å². The van der Waals surface area contributed by atoms with Gasteiger partial charge in [-0.1, -0.05) is 13.0 Å². The van der Waals surface area contributed by atoms with E-state index in [0.29, 0.717) is 5.69 Å². The van der Waals surface area contributed by atoms with Crippen molar-refractivity contribution >= 4 is 17.3 Å². The molecule has 1 N–H and O–H groups in total. The molecule has 1 atom stereocenters. The van der Waals surface area contributed by atoms with Crippen molar-refractivity contribution in [1.82, 2.24) is 9.78 Å².